The van der Waals surface area contributed by atoms with Crippen molar-refractivity contribution in [1.82, 2.24) is 9.88 Å². The minimum Gasteiger partial charge on any atom is -0.355 e. The van der Waals surface area contributed by atoms with Gasteiger partial charge in [-0.25, -0.2) is 4.39 Å². The van der Waals surface area contributed by atoms with E-state index in [1.54, 1.807) is 12.1 Å². The van der Waals surface area contributed by atoms with Gasteiger partial charge in [0.05, 0.1) is 16.9 Å². The van der Waals surface area contributed by atoms with Gasteiger partial charge in [-0.1, -0.05) is 30.3 Å². The number of fused-ring (bicyclic) bond motifs is 6. The Balaban J connectivity index is 1.63. The largest absolute Gasteiger partial charge is 0.355 e. The van der Waals surface area contributed by atoms with Gasteiger partial charge in [0.1, 0.15) is 5.82 Å². The number of amides is 1. The van der Waals surface area contributed by atoms with E-state index in [4.69, 9.17) is 0 Å². The first-order valence-corrected chi connectivity index (χ1v) is 9.76. The fraction of sp³-hybridized carbons (Fsp3) is 0.125. The van der Waals surface area contributed by atoms with Gasteiger partial charge in [0, 0.05) is 23.1 Å². The molecule has 1 amide bonds. The third-order valence-electron chi connectivity index (χ3n) is 6.01. The van der Waals surface area contributed by atoms with Gasteiger partial charge in [-0.2, -0.15) is 0 Å². The van der Waals surface area contributed by atoms with E-state index in [0.717, 1.165) is 29.0 Å². The van der Waals surface area contributed by atoms with E-state index in [1.807, 2.05) is 41.3 Å². The zero-order valence-corrected chi connectivity index (χ0v) is 15.6. The number of para-hydroxylation sites is 2. The SMILES string of the molecule is O=C1c2ccccc2N(c2ccc(F)cc2)C2c3[nH]c4ccccc4c3CCN12. The number of carbonyl (C=O) groups excluding carboxylic acids is 1. The first-order chi connectivity index (χ1) is 14.2. The highest BCUT2D eigenvalue weighted by atomic mass is 19.1. The average molecular weight is 383 g/mol. The normalized spacial score (nSPS) is 17.8. The highest BCUT2D eigenvalue weighted by Gasteiger charge is 2.43. The van der Waals surface area contributed by atoms with E-state index in [0.29, 0.717) is 12.1 Å². The van der Waals surface area contributed by atoms with Crippen molar-refractivity contribution < 1.29 is 9.18 Å². The molecule has 0 saturated heterocycles. The highest BCUT2D eigenvalue weighted by Crippen LogP contribution is 2.47. The number of benzene rings is 3. The number of hydrogen-bond donors (Lipinski definition) is 1. The van der Waals surface area contributed by atoms with Gasteiger partial charge >= 0.3 is 0 Å². The van der Waals surface area contributed by atoms with Crippen LogP contribution in [0.5, 0.6) is 0 Å². The van der Waals surface area contributed by atoms with Crippen molar-refractivity contribution in [3.8, 4) is 0 Å². The number of anilines is 2. The van der Waals surface area contributed by atoms with Crippen molar-refractivity contribution in [1.29, 1.82) is 0 Å². The minimum absolute atomic E-state index is 0.0354. The Kier molecular flexibility index (Phi) is 3.36. The zero-order chi connectivity index (χ0) is 19.5. The van der Waals surface area contributed by atoms with Gasteiger partial charge in [-0.15, -0.1) is 0 Å². The molecule has 0 bridgehead atoms. The van der Waals surface area contributed by atoms with Crippen LogP contribution in [0.1, 0.15) is 27.8 Å². The molecule has 6 rings (SSSR count). The number of H-pyrrole nitrogens is 1. The fourth-order valence-corrected chi connectivity index (χ4v) is 4.74. The lowest BCUT2D eigenvalue weighted by atomic mass is 9.95. The monoisotopic (exact) mass is 383 g/mol. The Morgan fingerprint density at radius 3 is 2.55 bits per heavy atom. The van der Waals surface area contributed by atoms with Crippen LogP contribution in [0.4, 0.5) is 15.8 Å². The van der Waals surface area contributed by atoms with Crippen molar-refractivity contribution in [3.63, 3.8) is 0 Å². The molecule has 3 aromatic carbocycles. The molecule has 1 N–H and O–H groups in total. The molecule has 29 heavy (non-hydrogen) atoms. The van der Waals surface area contributed by atoms with Gasteiger partial charge < -0.3 is 14.8 Å². The van der Waals surface area contributed by atoms with Crippen LogP contribution in [0.15, 0.2) is 72.8 Å². The summed E-state index contributed by atoms with van der Waals surface area (Å²) in [4.78, 5) is 21.0. The fourth-order valence-electron chi connectivity index (χ4n) is 4.74. The van der Waals surface area contributed by atoms with E-state index in [2.05, 4.69) is 22.0 Å². The summed E-state index contributed by atoms with van der Waals surface area (Å²) in [5.41, 5.74) is 5.73. The molecule has 0 aliphatic carbocycles. The van der Waals surface area contributed by atoms with Crippen molar-refractivity contribution in [2.75, 3.05) is 11.4 Å². The van der Waals surface area contributed by atoms with Crippen LogP contribution < -0.4 is 4.90 Å². The van der Waals surface area contributed by atoms with Gasteiger partial charge in [-0.05, 0) is 54.4 Å². The molecule has 2 aliphatic rings. The maximum atomic E-state index is 13.6. The first kappa shape index (κ1) is 16.4. The molecule has 0 radical (unpaired) electrons. The van der Waals surface area contributed by atoms with Crippen LogP contribution in [-0.4, -0.2) is 22.3 Å². The van der Waals surface area contributed by atoms with E-state index in [-0.39, 0.29) is 17.9 Å². The average Bonchev–Trinajstić information content (AvgIpc) is 3.14. The van der Waals surface area contributed by atoms with E-state index >= 15 is 0 Å². The molecule has 142 valence electrons. The van der Waals surface area contributed by atoms with Crippen LogP contribution in [0, 0.1) is 5.82 Å². The number of hydrogen-bond acceptors (Lipinski definition) is 2. The van der Waals surface area contributed by atoms with Gasteiger partial charge in [0.2, 0.25) is 0 Å². The Bertz CT molecular complexity index is 1260. The van der Waals surface area contributed by atoms with Crippen LogP contribution in [-0.2, 0) is 6.42 Å². The molecule has 0 spiro atoms. The Morgan fingerprint density at radius 1 is 0.931 bits per heavy atom. The second kappa shape index (κ2) is 5.95. The summed E-state index contributed by atoms with van der Waals surface area (Å²) in [5, 5.41) is 1.20. The molecule has 1 unspecified atom stereocenters. The second-order valence-corrected chi connectivity index (χ2v) is 7.55. The number of nitrogens with one attached hydrogen (secondary N) is 1. The summed E-state index contributed by atoms with van der Waals surface area (Å²) >= 11 is 0. The molecule has 0 fully saturated rings. The maximum absolute atomic E-state index is 13.6. The highest BCUT2D eigenvalue weighted by molar-refractivity contribution is 6.04. The summed E-state index contributed by atoms with van der Waals surface area (Å²) in [6.07, 6.45) is 0.514. The summed E-state index contributed by atoms with van der Waals surface area (Å²) in [6, 6.07) is 22.4. The number of halogens is 1. The summed E-state index contributed by atoms with van der Waals surface area (Å²) in [6.45, 7) is 0.643. The number of rotatable bonds is 1. The lowest BCUT2D eigenvalue weighted by Gasteiger charge is -2.47. The number of carbonyl (C=O) groups is 1. The second-order valence-electron chi connectivity index (χ2n) is 7.55. The Hall–Kier alpha value is -3.60. The predicted molar refractivity (Wildman–Crippen MR) is 111 cm³/mol. The smallest absolute Gasteiger partial charge is 0.257 e. The van der Waals surface area contributed by atoms with Crippen molar-refractivity contribution in [2.45, 2.75) is 12.6 Å². The van der Waals surface area contributed by atoms with Crippen LogP contribution >= 0.6 is 0 Å². The van der Waals surface area contributed by atoms with Crippen molar-refractivity contribution >= 4 is 28.2 Å². The standard InChI is InChI=1S/C24H18FN3O/c25-15-9-11-16(12-10-15)28-21-8-4-2-6-19(21)24(29)27-14-13-18-17-5-1-3-7-20(17)26-22(18)23(27)28/h1-12,23,26H,13-14H2. The molecular weight excluding hydrogens is 365 g/mol. The van der Waals surface area contributed by atoms with Gasteiger partial charge in [-0.3, -0.25) is 4.79 Å². The number of nitrogens with zero attached hydrogens (tertiary/aromatic N) is 2. The van der Waals surface area contributed by atoms with Crippen LogP contribution in [0.25, 0.3) is 10.9 Å². The lowest BCUT2D eigenvalue weighted by Crippen LogP contribution is -2.50. The molecule has 5 heteroatoms. The van der Waals surface area contributed by atoms with Gasteiger partial charge in [0.25, 0.3) is 5.91 Å². The van der Waals surface area contributed by atoms with E-state index < -0.39 is 0 Å². The molecule has 1 atom stereocenters. The van der Waals surface area contributed by atoms with Crippen LogP contribution in [0.2, 0.25) is 0 Å². The summed E-state index contributed by atoms with van der Waals surface area (Å²) in [5.74, 6) is -0.241. The molecule has 2 aliphatic heterocycles. The maximum Gasteiger partial charge on any atom is 0.257 e. The minimum atomic E-state index is -0.293. The van der Waals surface area contributed by atoms with Gasteiger partial charge in [0.15, 0.2) is 6.17 Å². The van der Waals surface area contributed by atoms with Crippen LogP contribution in [0.3, 0.4) is 0 Å². The summed E-state index contributed by atoms with van der Waals surface area (Å²) < 4.78 is 13.6. The molecule has 0 saturated carbocycles. The quantitative estimate of drug-likeness (QED) is 0.493. The molecular formula is C24H18FN3O. The lowest BCUT2D eigenvalue weighted by molar-refractivity contribution is 0.0642. The third-order valence-corrected chi connectivity index (χ3v) is 6.01. The number of aromatic nitrogens is 1. The Morgan fingerprint density at radius 2 is 1.69 bits per heavy atom. The third kappa shape index (κ3) is 2.27. The first-order valence-electron chi connectivity index (χ1n) is 9.76. The zero-order valence-electron chi connectivity index (χ0n) is 15.6. The Labute approximate surface area is 167 Å². The molecule has 4 aromatic rings. The van der Waals surface area contributed by atoms with Crippen molar-refractivity contribution in [2.24, 2.45) is 0 Å². The predicted octanol–water partition coefficient (Wildman–Crippen LogP) is 5.16. The molecule has 4 nitrogen and oxygen atoms in total. The topological polar surface area (TPSA) is 39.3 Å². The number of aromatic amines is 1. The van der Waals surface area contributed by atoms with E-state index in [1.165, 1.54) is 23.1 Å². The summed E-state index contributed by atoms with van der Waals surface area (Å²) in [7, 11) is 0. The van der Waals surface area contributed by atoms with Crippen molar-refractivity contribution in [3.05, 3.63) is 95.4 Å². The molecule has 3 heterocycles. The van der Waals surface area contributed by atoms with E-state index in [9.17, 15) is 9.18 Å². The molecule has 1 aromatic heterocycles.